The average molecular weight is 116 g/mol. The number of β-amino-alcohol motifs (C(OH)–C–C–N with tert-alkyl or cyclic N) is 1. The molecule has 0 spiro atoms. The van der Waals surface area contributed by atoms with Crippen LogP contribution >= 0.6 is 0 Å². The average Bonchev–Trinajstić information content (AvgIpc) is 2.14. The monoisotopic (exact) mass is 116 g/mol. The molecule has 0 amide bonds. The van der Waals surface area contributed by atoms with Crippen molar-refractivity contribution in [3.63, 3.8) is 0 Å². The predicted molar refractivity (Wildman–Crippen MR) is 31.5 cm³/mol. The Morgan fingerprint density at radius 2 is 2.50 bits per heavy atom. The first-order valence-electron chi connectivity index (χ1n) is 2.94. The lowest BCUT2D eigenvalue weighted by Crippen LogP contribution is -2.29. The van der Waals surface area contributed by atoms with Gasteiger partial charge >= 0.3 is 0 Å². The highest BCUT2D eigenvalue weighted by molar-refractivity contribution is 4.80. The summed E-state index contributed by atoms with van der Waals surface area (Å²) in [5.41, 5.74) is 5.32. The quantitative estimate of drug-likeness (QED) is 0.398. The molecule has 0 radical (unpaired) electrons. The van der Waals surface area contributed by atoms with Crippen LogP contribution in [-0.2, 0) is 0 Å². The lowest BCUT2D eigenvalue weighted by Gasteiger charge is -2.02. The van der Waals surface area contributed by atoms with E-state index < -0.39 is 0 Å². The molecule has 48 valence electrons. The molecule has 1 unspecified atom stereocenters. The zero-order valence-corrected chi connectivity index (χ0v) is 4.80. The van der Waals surface area contributed by atoms with E-state index in [0.717, 1.165) is 6.42 Å². The molecule has 3 nitrogen and oxygen atoms in total. The SMILES string of the molecule is NCC1C[C@@H](O)CN1. The van der Waals surface area contributed by atoms with Gasteiger partial charge in [0.1, 0.15) is 0 Å². The molecule has 0 aliphatic carbocycles. The van der Waals surface area contributed by atoms with Crippen LogP contribution in [0, 0.1) is 0 Å². The van der Waals surface area contributed by atoms with Crippen LogP contribution < -0.4 is 11.1 Å². The first kappa shape index (κ1) is 6.01. The van der Waals surface area contributed by atoms with Crippen molar-refractivity contribution in [1.82, 2.24) is 5.32 Å². The van der Waals surface area contributed by atoms with Gasteiger partial charge in [0.15, 0.2) is 0 Å². The molecule has 2 atom stereocenters. The molecule has 1 fully saturated rings. The van der Waals surface area contributed by atoms with Crippen LogP contribution in [0.15, 0.2) is 0 Å². The number of aliphatic hydroxyl groups is 1. The van der Waals surface area contributed by atoms with E-state index in [1.807, 2.05) is 0 Å². The Kier molecular flexibility index (Phi) is 1.83. The van der Waals surface area contributed by atoms with Crippen molar-refractivity contribution in [3.05, 3.63) is 0 Å². The fourth-order valence-corrected chi connectivity index (χ4v) is 0.977. The highest BCUT2D eigenvalue weighted by Crippen LogP contribution is 2.03. The summed E-state index contributed by atoms with van der Waals surface area (Å²) in [5.74, 6) is 0. The number of rotatable bonds is 1. The summed E-state index contributed by atoms with van der Waals surface area (Å²) in [6, 6.07) is 0.352. The Hall–Kier alpha value is -0.120. The summed E-state index contributed by atoms with van der Waals surface area (Å²) >= 11 is 0. The Morgan fingerprint density at radius 3 is 2.75 bits per heavy atom. The van der Waals surface area contributed by atoms with E-state index in [-0.39, 0.29) is 6.10 Å². The number of aliphatic hydroxyl groups excluding tert-OH is 1. The van der Waals surface area contributed by atoms with Crippen LogP contribution in [0.1, 0.15) is 6.42 Å². The normalized spacial score (nSPS) is 38.2. The van der Waals surface area contributed by atoms with E-state index in [0.29, 0.717) is 19.1 Å². The molecule has 1 aliphatic rings. The maximum atomic E-state index is 8.91. The topological polar surface area (TPSA) is 58.3 Å². The maximum absolute atomic E-state index is 8.91. The smallest absolute Gasteiger partial charge is 0.0680 e. The standard InChI is InChI=1S/C5H12N2O/c6-2-4-1-5(8)3-7-4/h4-5,7-8H,1-3,6H2/t4?,5-/m1/s1. The van der Waals surface area contributed by atoms with Gasteiger partial charge in [-0.15, -0.1) is 0 Å². The molecule has 1 heterocycles. The Balaban J connectivity index is 2.22. The Bertz CT molecular complexity index is 76.8. The van der Waals surface area contributed by atoms with E-state index in [1.165, 1.54) is 0 Å². The number of nitrogens with two attached hydrogens (primary N) is 1. The van der Waals surface area contributed by atoms with Gasteiger partial charge in [-0.25, -0.2) is 0 Å². The van der Waals surface area contributed by atoms with Gasteiger partial charge in [-0.1, -0.05) is 0 Å². The van der Waals surface area contributed by atoms with Crippen LogP contribution in [-0.4, -0.2) is 30.3 Å². The van der Waals surface area contributed by atoms with E-state index in [1.54, 1.807) is 0 Å². The minimum absolute atomic E-state index is 0.163. The minimum Gasteiger partial charge on any atom is -0.392 e. The van der Waals surface area contributed by atoms with Crippen molar-refractivity contribution in [2.45, 2.75) is 18.6 Å². The van der Waals surface area contributed by atoms with E-state index in [9.17, 15) is 0 Å². The van der Waals surface area contributed by atoms with Crippen LogP contribution in [0.5, 0.6) is 0 Å². The zero-order valence-electron chi connectivity index (χ0n) is 4.80. The van der Waals surface area contributed by atoms with Crippen LogP contribution in [0.4, 0.5) is 0 Å². The third-order valence-electron chi connectivity index (χ3n) is 1.48. The molecule has 1 rings (SSSR count). The highest BCUT2D eigenvalue weighted by atomic mass is 16.3. The Labute approximate surface area is 48.9 Å². The minimum atomic E-state index is -0.163. The van der Waals surface area contributed by atoms with E-state index >= 15 is 0 Å². The van der Waals surface area contributed by atoms with Gasteiger partial charge in [0.2, 0.25) is 0 Å². The third kappa shape index (κ3) is 1.18. The van der Waals surface area contributed by atoms with Crippen LogP contribution in [0.25, 0.3) is 0 Å². The third-order valence-corrected chi connectivity index (χ3v) is 1.48. The van der Waals surface area contributed by atoms with Crippen molar-refractivity contribution < 1.29 is 5.11 Å². The molecule has 3 heteroatoms. The first-order chi connectivity index (χ1) is 3.83. The number of hydrogen-bond acceptors (Lipinski definition) is 3. The summed E-state index contributed by atoms with van der Waals surface area (Å²) < 4.78 is 0. The van der Waals surface area contributed by atoms with Crippen molar-refractivity contribution >= 4 is 0 Å². The van der Waals surface area contributed by atoms with Gasteiger partial charge in [-0.05, 0) is 6.42 Å². The zero-order chi connectivity index (χ0) is 5.98. The molecule has 1 saturated heterocycles. The van der Waals surface area contributed by atoms with Crippen molar-refractivity contribution in [1.29, 1.82) is 0 Å². The summed E-state index contributed by atoms with van der Waals surface area (Å²) in [7, 11) is 0. The molecule has 4 N–H and O–H groups in total. The van der Waals surface area contributed by atoms with Crippen molar-refractivity contribution in [3.8, 4) is 0 Å². The second-order valence-electron chi connectivity index (χ2n) is 2.23. The molecular weight excluding hydrogens is 104 g/mol. The summed E-state index contributed by atoms with van der Waals surface area (Å²) in [6.07, 6.45) is 0.653. The van der Waals surface area contributed by atoms with Gasteiger partial charge < -0.3 is 16.2 Å². The second-order valence-corrected chi connectivity index (χ2v) is 2.23. The van der Waals surface area contributed by atoms with Gasteiger partial charge in [0, 0.05) is 19.1 Å². The van der Waals surface area contributed by atoms with Gasteiger partial charge in [0.05, 0.1) is 6.10 Å². The highest BCUT2D eigenvalue weighted by Gasteiger charge is 2.19. The van der Waals surface area contributed by atoms with Crippen LogP contribution in [0.3, 0.4) is 0 Å². The Morgan fingerprint density at radius 1 is 1.75 bits per heavy atom. The first-order valence-corrected chi connectivity index (χ1v) is 2.94. The molecule has 0 saturated carbocycles. The molecule has 0 bridgehead atoms. The number of hydrogen-bond donors (Lipinski definition) is 3. The fraction of sp³-hybridized carbons (Fsp3) is 1.00. The van der Waals surface area contributed by atoms with Crippen molar-refractivity contribution in [2.75, 3.05) is 13.1 Å². The van der Waals surface area contributed by atoms with Gasteiger partial charge in [0.25, 0.3) is 0 Å². The van der Waals surface area contributed by atoms with Crippen LogP contribution in [0.2, 0.25) is 0 Å². The summed E-state index contributed by atoms with van der Waals surface area (Å²) in [4.78, 5) is 0. The van der Waals surface area contributed by atoms with Crippen molar-refractivity contribution in [2.24, 2.45) is 5.73 Å². The molecule has 1 aliphatic heterocycles. The second kappa shape index (κ2) is 2.44. The number of nitrogens with one attached hydrogen (secondary N) is 1. The lowest BCUT2D eigenvalue weighted by atomic mass is 10.2. The molecule has 0 aromatic rings. The van der Waals surface area contributed by atoms with Gasteiger partial charge in [-0.3, -0.25) is 0 Å². The van der Waals surface area contributed by atoms with E-state index in [2.05, 4.69) is 5.32 Å². The summed E-state index contributed by atoms with van der Waals surface area (Å²) in [5, 5.41) is 12.0. The lowest BCUT2D eigenvalue weighted by molar-refractivity contribution is 0.193. The molecule has 0 aromatic carbocycles. The van der Waals surface area contributed by atoms with Gasteiger partial charge in [-0.2, -0.15) is 0 Å². The molecular formula is C5H12N2O. The molecule has 8 heavy (non-hydrogen) atoms. The summed E-state index contributed by atoms with van der Waals surface area (Å²) in [6.45, 7) is 1.35. The maximum Gasteiger partial charge on any atom is 0.0680 e. The largest absolute Gasteiger partial charge is 0.392 e. The fourth-order valence-electron chi connectivity index (χ4n) is 0.977. The predicted octanol–water partition coefficient (Wildman–Crippen LogP) is -1.33. The molecule has 0 aromatic heterocycles. The van der Waals surface area contributed by atoms with E-state index in [4.69, 9.17) is 10.8 Å².